The molecule has 0 aliphatic heterocycles. The molecule has 244 valence electrons. The van der Waals surface area contributed by atoms with Crippen molar-refractivity contribution in [3.05, 3.63) is 41.3 Å². The fraction of sp³-hybridized carbons (Fsp3) is 0.633. The summed E-state index contributed by atoms with van der Waals surface area (Å²) in [5, 5.41) is 8.78. The lowest BCUT2D eigenvalue weighted by atomic mass is 9.99. The third-order valence-corrected chi connectivity index (χ3v) is 13.1. The Kier molecular flexibility index (Phi) is 15.5. The number of alkyl halides is 3. The molecular formula is C30H46F4N3O4PS. The predicted octanol–water partition coefficient (Wildman–Crippen LogP) is 7.02. The largest absolute Gasteiger partial charge is 0.542 e. The van der Waals surface area contributed by atoms with Gasteiger partial charge in [-0.2, -0.15) is 13.2 Å². The molecule has 0 saturated heterocycles. The van der Waals surface area contributed by atoms with Crippen LogP contribution in [0, 0.1) is 5.82 Å². The van der Waals surface area contributed by atoms with Crippen LogP contribution in [0.3, 0.4) is 0 Å². The number of sulfonamides is 1. The second-order valence-electron chi connectivity index (χ2n) is 11.1. The monoisotopic (exact) mass is 651 g/mol. The Morgan fingerprint density at radius 2 is 1.40 bits per heavy atom. The topological polar surface area (TPSA) is 103 Å². The number of aromatic nitrogens is 2. The number of carboxylic acid groups (broad SMARTS) is 1. The molecule has 0 saturated carbocycles. The minimum Gasteiger partial charge on any atom is -0.542 e. The van der Waals surface area contributed by atoms with Gasteiger partial charge in [0.1, 0.15) is 11.8 Å². The van der Waals surface area contributed by atoms with Gasteiger partial charge in [0.15, 0.2) is 0 Å². The van der Waals surface area contributed by atoms with Gasteiger partial charge < -0.3 is 9.90 Å². The smallest absolute Gasteiger partial charge is 0.430 e. The number of carboxylic acids is 1. The van der Waals surface area contributed by atoms with Crippen LogP contribution in [-0.4, -0.2) is 62.3 Å². The molecule has 0 aliphatic rings. The number of hydrogen-bond donors (Lipinski definition) is 0. The van der Waals surface area contributed by atoms with E-state index in [-0.39, 0.29) is 17.7 Å². The summed E-state index contributed by atoms with van der Waals surface area (Å²) in [6.07, 6.45) is 7.89. The average Bonchev–Trinajstić information content (AvgIpc) is 2.93. The Morgan fingerprint density at radius 3 is 1.74 bits per heavy atom. The summed E-state index contributed by atoms with van der Waals surface area (Å²) in [5.74, 6) is -3.04. The first-order chi connectivity index (χ1) is 19.9. The van der Waals surface area contributed by atoms with E-state index in [1.807, 2.05) is 0 Å². The third-order valence-electron chi connectivity index (χ3n) is 7.15. The van der Waals surface area contributed by atoms with E-state index in [2.05, 4.69) is 34.6 Å². The molecule has 1 aromatic heterocycles. The lowest BCUT2D eigenvalue weighted by molar-refractivity contribution is -0.344. The molecule has 7 nitrogen and oxygen atoms in total. The Hall–Kier alpha value is -2.33. The first kappa shape index (κ1) is 38.7. The van der Waals surface area contributed by atoms with E-state index >= 15 is 0 Å². The van der Waals surface area contributed by atoms with Gasteiger partial charge in [-0.25, -0.2) is 27.1 Å². The molecule has 0 fully saturated rings. The van der Waals surface area contributed by atoms with Crippen LogP contribution in [0.2, 0.25) is 0 Å². The molecule has 0 spiro atoms. The van der Waals surface area contributed by atoms with Crippen molar-refractivity contribution in [3.63, 3.8) is 0 Å². The van der Waals surface area contributed by atoms with Gasteiger partial charge in [-0.1, -0.05) is 53.9 Å². The molecule has 0 amide bonds. The highest BCUT2D eigenvalue weighted by molar-refractivity contribution is 7.92. The maximum atomic E-state index is 13.8. The molecule has 43 heavy (non-hydrogen) atoms. The van der Waals surface area contributed by atoms with E-state index in [9.17, 15) is 26.0 Å². The predicted molar refractivity (Wildman–Crippen MR) is 166 cm³/mol. The summed E-state index contributed by atoms with van der Waals surface area (Å²) in [4.78, 5) is 18.5. The molecule has 13 heteroatoms. The molecular weight excluding hydrogens is 605 g/mol. The van der Waals surface area contributed by atoms with Crippen molar-refractivity contribution in [2.45, 2.75) is 91.4 Å². The van der Waals surface area contributed by atoms with E-state index in [4.69, 9.17) is 19.9 Å². The number of nitrogens with zero attached hydrogens (tertiary/aromatic N) is 3. The van der Waals surface area contributed by atoms with Gasteiger partial charge in [0, 0.05) is 25.4 Å². The number of anilines is 1. The van der Waals surface area contributed by atoms with E-state index in [0.717, 1.165) is 39.2 Å². The zero-order valence-corrected chi connectivity index (χ0v) is 28.0. The van der Waals surface area contributed by atoms with Gasteiger partial charge in [-0.15, -0.1) is 0 Å². The molecule has 0 unspecified atom stereocenters. The number of rotatable bonds is 15. The highest BCUT2D eigenvalue weighted by Crippen LogP contribution is 2.64. The molecule has 2 aromatic rings. The zero-order chi connectivity index (χ0) is 33.0. The first-order valence-electron chi connectivity index (χ1n) is 14.7. The second-order valence-corrected chi connectivity index (χ2v) is 17.5. The van der Waals surface area contributed by atoms with Crippen molar-refractivity contribution < 1.29 is 35.9 Å². The van der Waals surface area contributed by atoms with Gasteiger partial charge in [0.2, 0.25) is 16.0 Å². The van der Waals surface area contributed by atoms with E-state index in [1.54, 1.807) is 12.1 Å². The molecule has 0 aliphatic carbocycles. The van der Waals surface area contributed by atoms with Crippen LogP contribution in [0.5, 0.6) is 0 Å². The van der Waals surface area contributed by atoms with Crippen LogP contribution in [0.1, 0.15) is 90.3 Å². The van der Waals surface area contributed by atoms with Crippen molar-refractivity contribution in [2.24, 2.45) is 0 Å². The summed E-state index contributed by atoms with van der Waals surface area (Å²) in [6, 6.07) is 6.40. The van der Waals surface area contributed by atoms with Gasteiger partial charge in [-0.3, -0.25) is 0 Å². The Balaban J connectivity index is 0.00000117. The average molecular weight is 652 g/mol. The Bertz CT molecular complexity index is 1250. The molecule has 0 bridgehead atoms. The summed E-state index contributed by atoms with van der Waals surface area (Å²) in [7, 11) is -3.39. The van der Waals surface area contributed by atoms with E-state index < -0.39 is 29.4 Å². The highest BCUT2D eigenvalue weighted by atomic mass is 32.2. The van der Waals surface area contributed by atoms with Gasteiger partial charge >= 0.3 is 6.18 Å². The number of benzene rings is 1. The summed E-state index contributed by atoms with van der Waals surface area (Å²) in [5.41, 5.74) is 3.58. The number of halogens is 4. The third kappa shape index (κ3) is 12.3. The summed E-state index contributed by atoms with van der Waals surface area (Å²) < 4.78 is 71.3. The number of hydrogen-bond acceptors (Lipinski definition) is 6. The van der Waals surface area contributed by atoms with Crippen LogP contribution in [0.25, 0.3) is 11.3 Å². The number of carbonyl (C=O) groups excluding carboxylic acids is 1. The van der Waals surface area contributed by atoms with Gasteiger partial charge in [-0.05, 0) is 49.4 Å². The fourth-order valence-electron chi connectivity index (χ4n) is 4.65. The lowest BCUT2D eigenvalue weighted by Gasteiger charge is -2.30. The SMILES string of the molecule is CCCC[P+](CCCC)(CCCC)Cc1c(-c2ccc(F)cc2)nc(N(C)S(C)(=O)=O)nc1C(C)C.O=C([O-])C(F)(F)F. The summed E-state index contributed by atoms with van der Waals surface area (Å²) in [6.45, 7) is 11.0. The maximum Gasteiger partial charge on any atom is 0.430 e. The normalized spacial score (nSPS) is 12.2. The Labute approximate surface area is 254 Å². The zero-order valence-electron chi connectivity index (χ0n) is 26.3. The van der Waals surface area contributed by atoms with Crippen LogP contribution < -0.4 is 9.41 Å². The van der Waals surface area contributed by atoms with E-state index in [0.29, 0.717) is 0 Å². The van der Waals surface area contributed by atoms with Crippen molar-refractivity contribution in [3.8, 4) is 11.3 Å². The molecule has 2 rings (SSSR count). The maximum absolute atomic E-state index is 13.8. The standard InChI is InChI=1S/C28H46FN3O2PS.C2HF3O2/c1-8-11-18-35(19-12-9-2,20-13-10-3)21-25-26(22(4)5)30-28(32(6)36(7,33)34)31-27(25)23-14-16-24(29)17-15-23;3-2(4,5)1(6)7/h14-17,22H,8-13,18-21H2,1-7H3;(H,6,7)/q+1;/p-1. The molecule has 0 atom stereocenters. The second kappa shape index (κ2) is 17.2. The van der Waals surface area contributed by atoms with Crippen molar-refractivity contribution in [1.82, 2.24) is 9.97 Å². The Morgan fingerprint density at radius 1 is 0.953 bits per heavy atom. The van der Waals surface area contributed by atoms with Gasteiger partial charge in [0.25, 0.3) is 0 Å². The number of aliphatic carboxylic acids is 1. The minimum atomic E-state index is -5.19. The van der Waals surface area contributed by atoms with Crippen LogP contribution in [-0.2, 0) is 21.0 Å². The molecule has 0 N–H and O–H groups in total. The highest BCUT2D eigenvalue weighted by Gasteiger charge is 2.38. The number of carbonyl (C=O) groups is 1. The summed E-state index contributed by atoms with van der Waals surface area (Å²) >= 11 is 0. The quantitative estimate of drug-likeness (QED) is 0.152. The minimum absolute atomic E-state index is 0.0966. The van der Waals surface area contributed by atoms with Crippen molar-refractivity contribution in [1.29, 1.82) is 0 Å². The van der Waals surface area contributed by atoms with Crippen LogP contribution in [0.15, 0.2) is 24.3 Å². The van der Waals surface area contributed by atoms with E-state index in [1.165, 1.54) is 76.2 Å². The lowest BCUT2D eigenvalue weighted by Crippen LogP contribution is -2.37. The molecule has 1 heterocycles. The van der Waals surface area contributed by atoms with Crippen LogP contribution >= 0.6 is 7.26 Å². The van der Waals surface area contributed by atoms with Crippen molar-refractivity contribution in [2.75, 3.05) is 36.1 Å². The fourth-order valence-corrected chi connectivity index (χ4v) is 10.1. The number of unbranched alkanes of at least 4 members (excludes halogenated alkanes) is 3. The molecule has 0 radical (unpaired) electrons. The van der Waals surface area contributed by atoms with Crippen LogP contribution in [0.4, 0.5) is 23.5 Å². The van der Waals surface area contributed by atoms with Crippen molar-refractivity contribution >= 4 is 29.2 Å². The van der Waals surface area contributed by atoms with Gasteiger partial charge in [0.05, 0.1) is 42.3 Å². The first-order valence-corrected chi connectivity index (χ1v) is 19.0. The molecule has 1 aromatic carbocycles.